The predicted octanol–water partition coefficient (Wildman–Crippen LogP) is 0.571. The minimum atomic E-state index is 0.128. The van der Waals surface area contributed by atoms with Gasteiger partial charge in [0.1, 0.15) is 0 Å². The van der Waals surface area contributed by atoms with Crippen LogP contribution in [-0.2, 0) is 4.74 Å². The van der Waals surface area contributed by atoms with Gasteiger partial charge in [-0.25, -0.2) is 0 Å². The van der Waals surface area contributed by atoms with Crippen molar-refractivity contribution in [2.24, 2.45) is 0 Å². The normalized spacial score (nSPS) is 12.1. The van der Waals surface area contributed by atoms with Crippen molar-refractivity contribution in [2.45, 2.75) is 6.92 Å². The van der Waals surface area contributed by atoms with Crippen LogP contribution in [0.2, 0.25) is 0 Å². The third-order valence-electron chi connectivity index (χ3n) is 0.848. The maximum absolute atomic E-state index is 8.44. The molecule has 0 spiro atoms. The Morgan fingerprint density at radius 1 is 1.75 bits per heavy atom. The second kappa shape index (κ2) is 4.81. The zero-order chi connectivity index (χ0) is 6.41. The molecule has 0 bridgehead atoms. The van der Waals surface area contributed by atoms with E-state index in [0.29, 0.717) is 6.61 Å². The summed E-state index contributed by atoms with van der Waals surface area (Å²) in [5.41, 5.74) is 0.951. The van der Waals surface area contributed by atoms with Crippen molar-refractivity contribution in [2.75, 3.05) is 20.3 Å². The van der Waals surface area contributed by atoms with Crippen LogP contribution in [0.1, 0.15) is 6.92 Å². The lowest BCUT2D eigenvalue weighted by Crippen LogP contribution is -1.88. The molecule has 48 valence electrons. The summed E-state index contributed by atoms with van der Waals surface area (Å²) in [6, 6.07) is 0. The van der Waals surface area contributed by atoms with Crippen LogP contribution >= 0.6 is 0 Å². The first-order valence-corrected chi connectivity index (χ1v) is 2.56. The van der Waals surface area contributed by atoms with Crippen LogP contribution in [0.25, 0.3) is 0 Å². The lowest BCUT2D eigenvalue weighted by molar-refractivity contribution is 0.231. The molecule has 0 saturated carbocycles. The number of aliphatic hydroxyl groups is 1. The van der Waals surface area contributed by atoms with Crippen molar-refractivity contribution in [1.82, 2.24) is 0 Å². The third-order valence-corrected chi connectivity index (χ3v) is 0.848. The average Bonchev–Trinajstić information content (AvgIpc) is 1.83. The van der Waals surface area contributed by atoms with E-state index in [1.807, 2.05) is 13.0 Å². The van der Waals surface area contributed by atoms with Crippen LogP contribution < -0.4 is 0 Å². The summed E-state index contributed by atoms with van der Waals surface area (Å²) in [5.74, 6) is 0. The number of rotatable bonds is 3. The van der Waals surface area contributed by atoms with Crippen molar-refractivity contribution < 1.29 is 9.84 Å². The molecule has 0 aromatic carbocycles. The standard InChI is InChI=1S/C6H12O2/c1-6(5-7)3-4-8-2/h3,7H,4-5H2,1-2H3. The second-order valence-electron chi connectivity index (χ2n) is 1.66. The SMILES string of the molecule is COCC=C(C)CO. The first-order chi connectivity index (χ1) is 3.81. The monoisotopic (exact) mass is 116 g/mol. The predicted molar refractivity (Wildman–Crippen MR) is 32.7 cm³/mol. The Morgan fingerprint density at radius 3 is 2.75 bits per heavy atom. The number of ether oxygens (including phenoxy) is 1. The summed E-state index contributed by atoms with van der Waals surface area (Å²) >= 11 is 0. The molecule has 0 aromatic heterocycles. The fraction of sp³-hybridized carbons (Fsp3) is 0.667. The van der Waals surface area contributed by atoms with E-state index in [2.05, 4.69) is 0 Å². The van der Waals surface area contributed by atoms with Gasteiger partial charge in [0.2, 0.25) is 0 Å². The Balaban J connectivity index is 3.26. The summed E-state index contributed by atoms with van der Waals surface area (Å²) in [7, 11) is 1.63. The topological polar surface area (TPSA) is 29.5 Å². The number of aliphatic hydroxyl groups excluding tert-OH is 1. The summed E-state index contributed by atoms with van der Waals surface area (Å²) < 4.78 is 4.73. The Morgan fingerprint density at radius 2 is 2.38 bits per heavy atom. The molecular weight excluding hydrogens is 104 g/mol. The summed E-state index contributed by atoms with van der Waals surface area (Å²) in [4.78, 5) is 0. The van der Waals surface area contributed by atoms with Crippen LogP contribution in [0.3, 0.4) is 0 Å². The highest BCUT2D eigenvalue weighted by Gasteiger charge is 1.80. The van der Waals surface area contributed by atoms with E-state index in [9.17, 15) is 0 Å². The average molecular weight is 116 g/mol. The van der Waals surface area contributed by atoms with Crippen molar-refractivity contribution in [3.8, 4) is 0 Å². The number of hydrogen-bond acceptors (Lipinski definition) is 2. The molecule has 1 N–H and O–H groups in total. The van der Waals surface area contributed by atoms with Gasteiger partial charge >= 0.3 is 0 Å². The van der Waals surface area contributed by atoms with Crippen LogP contribution in [0.5, 0.6) is 0 Å². The first kappa shape index (κ1) is 7.66. The van der Waals surface area contributed by atoms with E-state index in [1.54, 1.807) is 7.11 Å². The fourth-order valence-corrected chi connectivity index (χ4v) is 0.290. The number of hydrogen-bond donors (Lipinski definition) is 1. The molecule has 0 aliphatic carbocycles. The van der Waals surface area contributed by atoms with Crippen LogP contribution in [0, 0.1) is 0 Å². The van der Waals surface area contributed by atoms with E-state index < -0.39 is 0 Å². The lowest BCUT2D eigenvalue weighted by atomic mass is 10.3. The molecule has 2 nitrogen and oxygen atoms in total. The van der Waals surface area contributed by atoms with Crippen LogP contribution in [0.4, 0.5) is 0 Å². The quantitative estimate of drug-likeness (QED) is 0.546. The molecule has 0 aliphatic heterocycles. The van der Waals surface area contributed by atoms with Gasteiger partial charge in [0.15, 0.2) is 0 Å². The second-order valence-corrected chi connectivity index (χ2v) is 1.66. The van der Waals surface area contributed by atoms with E-state index in [-0.39, 0.29) is 6.61 Å². The minimum absolute atomic E-state index is 0.128. The Kier molecular flexibility index (Phi) is 4.61. The van der Waals surface area contributed by atoms with E-state index in [0.717, 1.165) is 5.57 Å². The smallest absolute Gasteiger partial charge is 0.0647 e. The van der Waals surface area contributed by atoms with Gasteiger partial charge in [0.25, 0.3) is 0 Å². The summed E-state index contributed by atoms with van der Waals surface area (Å²) in [5, 5.41) is 8.44. The highest BCUT2D eigenvalue weighted by atomic mass is 16.5. The molecule has 0 saturated heterocycles. The van der Waals surface area contributed by atoms with Gasteiger partial charge in [-0.3, -0.25) is 0 Å². The zero-order valence-electron chi connectivity index (χ0n) is 5.35. The molecule has 0 heterocycles. The van der Waals surface area contributed by atoms with Gasteiger partial charge < -0.3 is 9.84 Å². The Bertz CT molecular complexity index is 76.6. The summed E-state index contributed by atoms with van der Waals surface area (Å²) in [6.45, 7) is 2.58. The largest absolute Gasteiger partial charge is 0.392 e. The highest BCUT2D eigenvalue weighted by molar-refractivity contribution is 4.97. The molecule has 0 aliphatic rings. The molecule has 0 unspecified atom stereocenters. The van der Waals surface area contributed by atoms with Crippen LogP contribution in [0.15, 0.2) is 11.6 Å². The van der Waals surface area contributed by atoms with Gasteiger partial charge in [-0.2, -0.15) is 0 Å². The van der Waals surface area contributed by atoms with Gasteiger partial charge in [-0.1, -0.05) is 6.08 Å². The third kappa shape index (κ3) is 3.84. The Labute approximate surface area is 49.8 Å². The number of methoxy groups -OCH3 is 1. The van der Waals surface area contributed by atoms with Crippen molar-refractivity contribution >= 4 is 0 Å². The minimum Gasteiger partial charge on any atom is -0.392 e. The van der Waals surface area contributed by atoms with Gasteiger partial charge in [0.05, 0.1) is 13.2 Å². The van der Waals surface area contributed by atoms with E-state index in [4.69, 9.17) is 9.84 Å². The molecule has 0 radical (unpaired) electrons. The van der Waals surface area contributed by atoms with E-state index in [1.165, 1.54) is 0 Å². The van der Waals surface area contributed by atoms with Crippen molar-refractivity contribution in [1.29, 1.82) is 0 Å². The molecule has 0 atom stereocenters. The Hall–Kier alpha value is -0.340. The first-order valence-electron chi connectivity index (χ1n) is 2.56. The zero-order valence-corrected chi connectivity index (χ0v) is 5.35. The van der Waals surface area contributed by atoms with Crippen molar-refractivity contribution in [3.05, 3.63) is 11.6 Å². The molecule has 0 aromatic rings. The molecule has 0 fully saturated rings. The van der Waals surface area contributed by atoms with Gasteiger partial charge in [-0.15, -0.1) is 0 Å². The highest BCUT2D eigenvalue weighted by Crippen LogP contribution is 1.87. The molecule has 8 heavy (non-hydrogen) atoms. The van der Waals surface area contributed by atoms with E-state index >= 15 is 0 Å². The molecule has 2 heteroatoms. The fourth-order valence-electron chi connectivity index (χ4n) is 0.290. The van der Waals surface area contributed by atoms with Crippen LogP contribution in [-0.4, -0.2) is 25.4 Å². The molecule has 0 rings (SSSR count). The van der Waals surface area contributed by atoms with Gasteiger partial charge in [-0.05, 0) is 12.5 Å². The summed E-state index contributed by atoms with van der Waals surface area (Å²) in [6.07, 6.45) is 1.85. The maximum atomic E-state index is 8.44. The maximum Gasteiger partial charge on any atom is 0.0647 e. The van der Waals surface area contributed by atoms with Gasteiger partial charge in [0, 0.05) is 7.11 Å². The molecule has 0 amide bonds. The lowest BCUT2D eigenvalue weighted by Gasteiger charge is -1.92. The molecular formula is C6H12O2. The van der Waals surface area contributed by atoms with Crippen molar-refractivity contribution in [3.63, 3.8) is 0 Å².